The molecule has 2 unspecified atom stereocenters. The maximum Gasteiger partial charge on any atom is 0.290 e. The molecule has 0 aliphatic rings. The normalized spacial score (nSPS) is 15.7. The molecular weight excluding hydrogens is 270 g/mol. The van der Waals surface area contributed by atoms with E-state index in [1.165, 1.54) is 7.11 Å². The van der Waals surface area contributed by atoms with Crippen LogP contribution in [0.3, 0.4) is 0 Å². The molecule has 1 rings (SSSR count). The van der Waals surface area contributed by atoms with Crippen molar-refractivity contribution in [3.05, 3.63) is 40.4 Å². The predicted octanol–water partition coefficient (Wildman–Crippen LogP) is 1.75. The smallest absolute Gasteiger partial charge is 0.290 e. The molecule has 0 amide bonds. The lowest BCUT2D eigenvalue weighted by atomic mass is 10.2. The van der Waals surface area contributed by atoms with Crippen molar-refractivity contribution in [3.63, 3.8) is 0 Å². The average molecular weight is 287 g/mol. The lowest BCUT2D eigenvalue weighted by molar-refractivity contribution is -0.509. The van der Waals surface area contributed by atoms with Gasteiger partial charge in [0.05, 0.1) is 6.10 Å². The average Bonchev–Trinajstić information content (AvgIpc) is 2.42. The second-order valence-corrected chi connectivity index (χ2v) is 5.07. The molecule has 6 nitrogen and oxygen atoms in total. The molecular formula is C12H17NO5S. The van der Waals surface area contributed by atoms with E-state index in [9.17, 15) is 15.2 Å². The number of nitro groups is 1. The van der Waals surface area contributed by atoms with Crippen LogP contribution in [-0.4, -0.2) is 41.5 Å². The van der Waals surface area contributed by atoms with Crippen molar-refractivity contribution in [1.82, 2.24) is 0 Å². The Hall–Kier alpha value is -1.15. The summed E-state index contributed by atoms with van der Waals surface area (Å²) in [5.74, 6) is 0. The topological polar surface area (TPSA) is 81.8 Å². The molecule has 0 heterocycles. The quantitative estimate of drug-likeness (QED) is 0.339. The number of aliphatic hydroxyl groups excluding tert-OH is 1. The number of ether oxygens (including phenoxy) is 2. The lowest BCUT2D eigenvalue weighted by Crippen LogP contribution is -2.40. The highest BCUT2D eigenvalue weighted by Crippen LogP contribution is 2.27. The van der Waals surface area contributed by atoms with E-state index in [2.05, 4.69) is 0 Å². The fraction of sp³-hybridized carbons (Fsp3) is 0.500. The summed E-state index contributed by atoms with van der Waals surface area (Å²) in [5, 5.41) is 19.9. The van der Waals surface area contributed by atoms with Crippen LogP contribution < -0.4 is 0 Å². The van der Waals surface area contributed by atoms with Crippen molar-refractivity contribution < 1.29 is 19.5 Å². The van der Waals surface area contributed by atoms with Crippen LogP contribution in [-0.2, 0) is 9.47 Å². The Labute approximate surface area is 115 Å². The highest BCUT2D eigenvalue weighted by Gasteiger charge is 2.35. The first-order valence-corrected chi connectivity index (χ1v) is 6.58. The second kappa shape index (κ2) is 8.11. The van der Waals surface area contributed by atoms with Crippen LogP contribution in [0.25, 0.3) is 0 Å². The van der Waals surface area contributed by atoms with E-state index < -0.39 is 22.5 Å². The SMILES string of the molecule is COCO[C@@H](C)C(O)C(Sc1ccccc1)[N+](=O)[O-]. The van der Waals surface area contributed by atoms with Gasteiger partial charge in [-0.05, 0) is 30.8 Å². The van der Waals surface area contributed by atoms with Crippen LogP contribution >= 0.6 is 11.8 Å². The Balaban J connectivity index is 2.69. The van der Waals surface area contributed by atoms with Gasteiger partial charge in [-0.2, -0.15) is 0 Å². The molecule has 1 N–H and O–H groups in total. The van der Waals surface area contributed by atoms with Gasteiger partial charge < -0.3 is 14.6 Å². The van der Waals surface area contributed by atoms with Gasteiger partial charge in [0, 0.05) is 16.9 Å². The zero-order chi connectivity index (χ0) is 14.3. The predicted molar refractivity (Wildman–Crippen MR) is 71.5 cm³/mol. The second-order valence-electron chi connectivity index (χ2n) is 3.88. The Morgan fingerprint density at radius 2 is 2.05 bits per heavy atom. The summed E-state index contributed by atoms with van der Waals surface area (Å²) in [6.07, 6.45) is -1.91. The minimum absolute atomic E-state index is 0.0152. The first kappa shape index (κ1) is 15.9. The van der Waals surface area contributed by atoms with E-state index in [4.69, 9.17) is 9.47 Å². The van der Waals surface area contributed by atoms with Crippen molar-refractivity contribution in [1.29, 1.82) is 0 Å². The largest absolute Gasteiger partial charge is 0.382 e. The maximum absolute atomic E-state index is 11.1. The molecule has 19 heavy (non-hydrogen) atoms. The van der Waals surface area contributed by atoms with Crippen molar-refractivity contribution in [2.45, 2.75) is 29.4 Å². The van der Waals surface area contributed by atoms with Crippen molar-refractivity contribution >= 4 is 11.8 Å². The monoisotopic (exact) mass is 287 g/mol. The molecule has 0 radical (unpaired) electrons. The standard InChI is InChI=1S/C12H17NO5S/c1-9(18-8-17-2)11(14)12(13(15)16)19-10-6-4-3-5-7-10/h3-7,9,11-12,14H,8H2,1-2H3/t9-,11?,12?/m0/s1. The number of thioether (sulfide) groups is 1. The third-order valence-corrected chi connectivity index (χ3v) is 3.67. The summed E-state index contributed by atoms with van der Waals surface area (Å²) in [5.41, 5.74) is 0. The highest BCUT2D eigenvalue weighted by atomic mass is 32.2. The summed E-state index contributed by atoms with van der Waals surface area (Å²) in [6, 6.07) is 8.92. The third-order valence-electron chi connectivity index (χ3n) is 2.43. The molecule has 7 heteroatoms. The van der Waals surface area contributed by atoms with Crippen LogP contribution in [0.1, 0.15) is 6.92 Å². The van der Waals surface area contributed by atoms with Crippen LogP contribution in [0, 0.1) is 10.1 Å². The summed E-state index contributed by atoms with van der Waals surface area (Å²) in [4.78, 5) is 11.3. The van der Waals surface area contributed by atoms with Gasteiger partial charge in [0.15, 0.2) is 6.10 Å². The van der Waals surface area contributed by atoms with Gasteiger partial charge in [0.2, 0.25) is 0 Å². The van der Waals surface area contributed by atoms with Gasteiger partial charge >= 0.3 is 0 Å². The van der Waals surface area contributed by atoms with E-state index >= 15 is 0 Å². The van der Waals surface area contributed by atoms with Crippen molar-refractivity contribution in [2.75, 3.05) is 13.9 Å². The minimum Gasteiger partial charge on any atom is -0.382 e. The van der Waals surface area contributed by atoms with Crippen molar-refractivity contribution in [3.8, 4) is 0 Å². The van der Waals surface area contributed by atoms with Crippen LogP contribution in [0.5, 0.6) is 0 Å². The summed E-state index contributed by atoms with van der Waals surface area (Å²) >= 11 is 0.997. The lowest BCUT2D eigenvalue weighted by Gasteiger charge is -2.21. The molecule has 1 aromatic rings. The molecule has 1 aromatic carbocycles. The number of nitrogens with zero attached hydrogens (tertiary/aromatic N) is 1. The number of hydrogen-bond donors (Lipinski definition) is 1. The van der Waals surface area contributed by atoms with E-state index in [1.54, 1.807) is 31.2 Å². The molecule has 0 saturated heterocycles. The fourth-order valence-electron chi connectivity index (χ4n) is 1.38. The number of hydrogen-bond acceptors (Lipinski definition) is 6. The van der Waals surface area contributed by atoms with Gasteiger partial charge in [-0.25, -0.2) is 0 Å². The number of aliphatic hydroxyl groups is 1. The Bertz CT molecular complexity index is 389. The molecule has 3 atom stereocenters. The Morgan fingerprint density at radius 3 is 2.58 bits per heavy atom. The van der Waals surface area contributed by atoms with Gasteiger partial charge in [-0.3, -0.25) is 10.1 Å². The molecule has 0 aromatic heterocycles. The molecule has 0 fully saturated rings. The third kappa shape index (κ3) is 5.15. The molecule has 0 spiro atoms. The highest BCUT2D eigenvalue weighted by molar-refractivity contribution is 7.99. The molecule has 0 aliphatic heterocycles. The van der Waals surface area contributed by atoms with Gasteiger partial charge in [-0.1, -0.05) is 18.2 Å². The van der Waals surface area contributed by atoms with E-state index in [-0.39, 0.29) is 6.79 Å². The number of methoxy groups -OCH3 is 1. The van der Waals surface area contributed by atoms with Crippen LogP contribution in [0.4, 0.5) is 0 Å². The number of benzene rings is 1. The Morgan fingerprint density at radius 1 is 1.42 bits per heavy atom. The van der Waals surface area contributed by atoms with Crippen LogP contribution in [0.2, 0.25) is 0 Å². The van der Waals surface area contributed by atoms with E-state index in [0.717, 1.165) is 16.7 Å². The van der Waals surface area contributed by atoms with Gasteiger partial charge in [-0.15, -0.1) is 0 Å². The van der Waals surface area contributed by atoms with Gasteiger partial charge in [0.1, 0.15) is 6.79 Å². The first-order valence-electron chi connectivity index (χ1n) is 5.70. The van der Waals surface area contributed by atoms with Crippen LogP contribution in [0.15, 0.2) is 35.2 Å². The number of rotatable bonds is 8. The maximum atomic E-state index is 11.1. The zero-order valence-corrected chi connectivity index (χ0v) is 11.6. The molecule has 0 saturated carbocycles. The first-order chi connectivity index (χ1) is 9.06. The summed E-state index contributed by atoms with van der Waals surface area (Å²) in [7, 11) is 1.45. The van der Waals surface area contributed by atoms with E-state index in [1.807, 2.05) is 6.07 Å². The zero-order valence-electron chi connectivity index (χ0n) is 10.8. The van der Waals surface area contributed by atoms with E-state index in [0.29, 0.717) is 0 Å². The fourth-order valence-corrected chi connectivity index (χ4v) is 2.42. The Kier molecular flexibility index (Phi) is 6.79. The molecule has 106 valence electrons. The van der Waals surface area contributed by atoms with Crippen molar-refractivity contribution in [2.24, 2.45) is 0 Å². The summed E-state index contributed by atoms with van der Waals surface area (Å²) in [6.45, 7) is 1.56. The molecule has 0 aliphatic carbocycles. The minimum atomic E-state index is -1.23. The molecule has 0 bridgehead atoms. The summed E-state index contributed by atoms with van der Waals surface area (Å²) < 4.78 is 9.84. The van der Waals surface area contributed by atoms with Gasteiger partial charge in [0.25, 0.3) is 5.37 Å².